The van der Waals surface area contributed by atoms with E-state index in [9.17, 15) is 8.42 Å². The molecule has 0 amide bonds. The summed E-state index contributed by atoms with van der Waals surface area (Å²) in [6.45, 7) is 0. The van der Waals surface area contributed by atoms with Gasteiger partial charge in [-0.05, 0) is 29.8 Å². The Morgan fingerprint density at radius 2 is 1.78 bits per heavy atom. The largest absolute Gasteiger partial charge is 0.494 e. The molecule has 0 aliphatic carbocycles. The van der Waals surface area contributed by atoms with Crippen molar-refractivity contribution in [1.82, 2.24) is 4.98 Å². The van der Waals surface area contributed by atoms with Gasteiger partial charge in [0.05, 0.1) is 41.5 Å². The van der Waals surface area contributed by atoms with Gasteiger partial charge in [0.15, 0.2) is 0 Å². The average molecular weight is 471 g/mol. The quantitative estimate of drug-likeness (QED) is 0.157. The highest BCUT2D eigenvalue weighted by molar-refractivity contribution is 7.92. The fourth-order valence-corrected chi connectivity index (χ4v) is 3.89. The molecule has 32 heavy (non-hydrogen) atoms. The van der Waals surface area contributed by atoms with Crippen LogP contribution in [0.5, 0.6) is 5.75 Å². The first-order valence-corrected chi connectivity index (χ1v) is 11.1. The Morgan fingerprint density at radius 1 is 1.03 bits per heavy atom. The zero-order valence-electron chi connectivity index (χ0n) is 17.1. The lowest BCUT2D eigenvalue weighted by atomic mass is 10.1. The van der Waals surface area contributed by atoms with Crippen molar-refractivity contribution in [2.75, 3.05) is 23.4 Å². The summed E-state index contributed by atoms with van der Waals surface area (Å²) in [6.07, 6.45) is 1.09. The first-order valence-electron chi connectivity index (χ1n) is 9.18. The number of fused-ring (bicyclic) bond motifs is 2. The minimum Gasteiger partial charge on any atom is -0.494 e. The van der Waals surface area contributed by atoms with Crippen LogP contribution in [-0.2, 0) is 10.0 Å². The Labute approximate surface area is 190 Å². The van der Waals surface area contributed by atoms with E-state index >= 15 is 0 Å². The molecule has 3 aromatic carbocycles. The van der Waals surface area contributed by atoms with Gasteiger partial charge < -0.3 is 10.1 Å². The van der Waals surface area contributed by atoms with E-state index < -0.39 is 10.0 Å². The number of anilines is 3. The Bertz CT molecular complexity index is 1470. The van der Waals surface area contributed by atoms with Gasteiger partial charge in [0, 0.05) is 27.4 Å². The third-order valence-electron chi connectivity index (χ3n) is 4.59. The molecule has 11 heteroatoms. The highest BCUT2D eigenvalue weighted by Gasteiger charge is 2.13. The van der Waals surface area contributed by atoms with E-state index in [-0.39, 0.29) is 12.4 Å². The second kappa shape index (κ2) is 9.19. The molecule has 0 spiro atoms. The van der Waals surface area contributed by atoms with Crippen LogP contribution in [0, 0.1) is 0 Å². The highest BCUT2D eigenvalue weighted by atomic mass is 35.5. The maximum atomic E-state index is 11.5. The Kier molecular flexibility index (Phi) is 6.59. The normalized spacial score (nSPS) is 10.8. The van der Waals surface area contributed by atoms with Crippen molar-refractivity contribution in [3.05, 3.63) is 71.1 Å². The van der Waals surface area contributed by atoms with Crippen LogP contribution >= 0.6 is 12.4 Å². The van der Waals surface area contributed by atoms with Gasteiger partial charge in [0.1, 0.15) is 5.75 Å². The minimum atomic E-state index is -3.41. The third-order valence-corrected chi connectivity index (χ3v) is 5.20. The van der Waals surface area contributed by atoms with Gasteiger partial charge in [-0.1, -0.05) is 35.4 Å². The van der Waals surface area contributed by atoms with Crippen molar-refractivity contribution in [2.24, 2.45) is 5.11 Å². The lowest BCUT2D eigenvalue weighted by molar-refractivity contribution is 0.417. The Balaban J connectivity index is 0.00000289. The number of hydrogen-bond donors (Lipinski definition) is 2. The van der Waals surface area contributed by atoms with Gasteiger partial charge in [-0.2, -0.15) is 0 Å². The number of benzene rings is 3. The summed E-state index contributed by atoms with van der Waals surface area (Å²) in [4.78, 5) is 7.53. The molecule has 2 N–H and O–H groups in total. The van der Waals surface area contributed by atoms with Gasteiger partial charge in [0.2, 0.25) is 10.0 Å². The SMILES string of the molecule is COc1cc(NS(C)(=O)=O)ccc1Nc1c2ccccc2nc2cc(N=[N+]=[N-])ccc12.Cl. The molecule has 0 bridgehead atoms. The first-order chi connectivity index (χ1) is 14.9. The third kappa shape index (κ3) is 4.78. The van der Waals surface area contributed by atoms with Gasteiger partial charge in [-0.3, -0.25) is 4.72 Å². The number of hydrogen-bond acceptors (Lipinski definition) is 6. The number of ether oxygens (including phenoxy) is 1. The maximum absolute atomic E-state index is 11.5. The summed E-state index contributed by atoms with van der Waals surface area (Å²) >= 11 is 0. The molecule has 164 valence electrons. The number of nitrogens with zero attached hydrogens (tertiary/aromatic N) is 4. The number of nitrogens with one attached hydrogen (secondary N) is 2. The molecule has 4 rings (SSSR count). The highest BCUT2D eigenvalue weighted by Crippen LogP contribution is 2.38. The standard InChI is InChI=1S/C21H18N6O3S.ClH/c1-30-20-12-14(26-31(2,28)29)8-10-18(20)24-21-15-5-3-4-6-17(15)23-19-11-13(25-27-22)7-9-16(19)21;/h3-12,26H,1-2H3,(H,23,24);1H. The average Bonchev–Trinajstić information content (AvgIpc) is 2.73. The summed E-state index contributed by atoms with van der Waals surface area (Å²) in [6, 6.07) is 18.0. The number of azide groups is 1. The number of aromatic nitrogens is 1. The number of methoxy groups -OCH3 is 1. The van der Waals surface area contributed by atoms with Crippen LogP contribution in [0.1, 0.15) is 0 Å². The van der Waals surface area contributed by atoms with E-state index in [1.807, 2.05) is 30.3 Å². The van der Waals surface area contributed by atoms with Crippen molar-refractivity contribution in [3.8, 4) is 5.75 Å². The van der Waals surface area contributed by atoms with E-state index in [1.165, 1.54) is 7.11 Å². The maximum Gasteiger partial charge on any atom is 0.229 e. The summed E-state index contributed by atoms with van der Waals surface area (Å²) in [5.41, 5.74) is 12.5. The Morgan fingerprint density at radius 3 is 2.50 bits per heavy atom. The lowest BCUT2D eigenvalue weighted by Gasteiger charge is -2.17. The van der Waals surface area contributed by atoms with E-state index in [2.05, 4.69) is 25.0 Å². The molecule has 0 radical (unpaired) electrons. The van der Waals surface area contributed by atoms with Gasteiger partial charge >= 0.3 is 0 Å². The number of para-hydroxylation sites is 1. The molecule has 1 heterocycles. The molecule has 9 nitrogen and oxygen atoms in total. The van der Waals surface area contributed by atoms with Crippen molar-refractivity contribution in [3.63, 3.8) is 0 Å². The molecule has 0 aliphatic rings. The predicted octanol–water partition coefficient (Wildman–Crippen LogP) is 5.88. The van der Waals surface area contributed by atoms with Gasteiger partial charge in [-0.25, -0.2) is 13.4 Å². The van der Waals surface area contributed by atoms with Crippen LogP contribution in [0.15, 0.2) is 65.8 Å². The van der Waals surface area contributed by atoms with Crippen LogP contribution in [0.2, 0.25) is 0 Å². The minimum absolute atomic E-state index is 0. The van der Waals surface area contributed by atoms with E-state index in [1.54, 1.807) is 30.3 Å². The molecular weight excluding hydrogens is 452 g/mol. The number of sulfonamides is 1. The summed E-state index contributed by atoms with van der Waals surface area (Å²) in [5.74, 6) is 0.466. The second-order valence-electron chi connectivity index (χ2n) is 6.81. The first kappa shape index (κ1) is 23.0. The molecule has 0 saturated heterocycles. The summed E-state index contributed by atoms with van der Waals surface area (Å²) in [5, 5.41) is 8.79. The van der Waals surface area contributed by atoms with Gasteiger partial charge in [-0.15, -0.1) is 12.4 Å². The molecular formula is C21H19ClN6O3S. The smallest absolute Gasteiger partial charge is 0.229 e. The van der Waals surface area contributed by atoms with E-state index in [0.717, 1.165) is 28.2 Å². The van der Waals surface area contributed by atoms with Crippen molar-refractivity contribution in [2.45, 2.75) is 0 Å². The van der Waals surface area contributed by atoms with Crippen molar-refractivity contribution < 1.29 is 13.2 Å². The molecule has 0 fully saturated rings. The molecule has 0 saturated carbocycles. The second-order valence-corrected chi connectivity index (χ2v) is 8.56. The summed E-state index contributed by atoms with van der Waals surface area (Å²) < 4.78 is 31.0. The predicted molar refractivity (Wildman–Crippen MR) is 130 cm³/mol. The number of pyridine rings is 1. The number of halogens is 1. The van der Waals surface area contributed by atoms with Crippen LogP contribution in [0.3, 0.4) is 0 Å². The topological polar surface area (TPSA) is 129 Å². The zero-order valence-corrected chi connectivity index (χ0v) is 18.7. The van der Waals surface area contributed by atoms with Gasteiger partial charge in [0.25, 0.3) is 0 Å². The molecule has 0 aliphatic heterocycles. The molecule has 4 aromatic rings. The van der Waals surface area contributed by atoms with Crippen LogP contribution < -0.4 is 14.8 Å². The van der Waals surface area contributed by atoms with Crippen molar-refractivity contribution in [1.29, 1.82) is 0 Å². The molecule has 1 aromatic heterocycles. The fourth-order valence-electron chi connectivity index (χ4n) is 3.34. The fraction of sp³-hybridized carbons (Fsp3) is 0.0952. The molecule has 0 atom stereocenters. The van der Waals surface area contributed by atoms with Crippen LogP contribution in [0.25, 0.3) is 32.2 Å². The van der Waals surface area contributed by atoms with Crippen LogP contribution in [0.4, 0.5) is 22.7 Å². The van der Waals surface area contributed by atoms with E-state index in [4.69, 9.17) is 10.3 Å². The van der Waals surface area contributed by atoms with E-state index in [0.29, 0.717) is 28.3 Å². The van der Waals surface area contributed by atoms with Crippen molar-refractivity contribution >= 4 is 67.0 Å². The van der Waals surface area contributed by atoms with Crippen LogP contribution in [-0.4, -0.2) is 26.8 Å². The summed E-state index contributed by atoms with van der Waals surface area (Å²) in [7, 11) is -1.90. The molecule has 0 unspecified atom stereocenters. The zero-order chi connectivity index (χ0) is 22.0. The monoisotopic (exact) mass is 470 g/mol. The lowest BCUT2D eigenvalue weighted by Crippen LogP contribution is -2.09. The number of rotatable bonds is 6. The Hall–Kier alpha value is -3.72.